The van der Waals surface area contributed by atoms with Gasteiger partial charge in [0.25, 0.3) is 0 Å². The van der Waals surface area contributed by atoms with Crippen LogP contribution in [0.1, 0.15) is 37.7 Å². The average molecular weight is 338 g/mol. The number of carbonyl (C=O) groups excluding carboxylic acids is 1. The third kappa shape index (κ3) is 3.84. The van der Waals surface area contributed by atoms with Crippen LogP contribution in [0.2, 0.25) is 0 Å². The van der Waals surface area contributed by atoms with Gasteiger partial charge in [-0.05, 0) is 41.3 Å². The third-order valence-electron chi connectivity index (χ3n) is 2.39. The van der Waals surface area contributed by atoms with Crippen LogP contribution in [0.25, 0.3) is 0 Å². The predicted molar refractivity (Wildman–Crippen MR) is 71.7 cm³/mol. The first kappa shape index (κ1) is 15.2. The molecule has 1 heterocycles. The van der Waals surface area contributed by atoms with Crippen molar-refractivity contribution in [3.05, 3.63) is 22.6 Å². The Balaban J connectivity index is 2.78. The van der Waals surface area contributed by atoms with E-state index in [2.05, 4.69) is 15.9 Å². The summed E-state index contributed by atoms with van der Waals surface area (Å²) in [7, 11) is -3.68. The van der Waals surface area contributed by atoms with Gasteiger partial charge in [-0.2, -0.15) is 0 Å². The number of furan rings is 1. The molecule has 7 heteroatoms. The first-order chi connectivity index (χ1) is 8.24. The van der Waals surface area contributed by atoms with Gasteiger partial charge in [-0.1, -0.05) is 13.8 Å². The van der Waals surface area contributed by atoms with Crippen LogP contribution in [-0.2, 0) is 10.0 Å². The molecule has 1 amide bonds. The summed E-state index contributed by atoms with van der Waals surface area (Å²) in [5.41, 5.74) is 0. The summed E-state index contributed by atoms with van der Waals surface area (Å²) in [4.78, 5) is 11.7. The topological polar surface area (TPSA) is 76.4 Å². The van der Waals surface area contributed by atoms with Crippen molar-refractivity contribution in [3.8, 4) is 0 Å². The summed E-state index contributed by atoms with van der Waals surface area (Å²) in [6, 6.07) is 1.53. The smallest absolute Gasteiger partial charge is 0.301 e. The summed E-state index contributed by atoms with van der Waals surface area (Å²) in [5.74, 6) is -0.570. The minimum Gasteiger partial charge on any atom is -0.458 e. The fraction of sp³-hybridized carbons (Fsp3) is 0.545. The quantitative estimate of drug-likeness (QED) is 0.895. The zero-order valence-corrected chi connectivity index (χ0v) is 12.8. The molecule has 102 valence electrons. The largest absolute Gasteiger partial charge is 0.458 e. The van der Waals surface area contributed by atoms with Crippen LogP contribution in [0.4, 0.5) is 0 Å². The monoisotopic (exact) mass is 337 g/mol. The second-order valence-electron chi connectivity index (χ2n) is 4.51. The normalized spacial score (nSPS) is 13.6. The Labute approximate surface area is 115 Å². The van der Waals surface area contributed by atoms with E-state index in [9.17, 15) is 13.2 Å². The molecule has 0 aliphatic rings. The highest BCUT2D eigenvalue weighted by atomic mass is 79.9. The number of amides is 1. The van der Waals surface area contributed by atoms with Crippen molar-refractivity contribution in [2.24, 2.45) is 5.92 Å². The van der Waals surface area contributed by atoms with Crippen LogP contribution in [0, 0.1) is 5.92 Å². The van der Waals surface area contributed by atoms with Gasteiger partial charge in [0.05, 0.1) is 16.0 Å². The van der Waals surface area contributed by atoms with Crippen molar-refractivity contribution >= 4 is 31.9 Å². The van der Waals surface area contributed by atoms with E-state index < -0.39 is 21.2 Å². The van der Waals surface area contributed by atoms with Gasteiger partial charge < -0.3 is 4.42 Å². The van der Waals surface area contributed by atoms with Gasteiger partial charge in [0, 0.05) is 0 Å². The molecular formula is C11H16BrNO4S. The molecule has 18 heavy (non-hydrogen) atoms. The molecule has 0 bridgehead atoms. The van der Waals surface area contributed by atoms with E-state index in [0.29, 0.717) is 10.9 Å². The Morgan fingerprint density at radius 3 is 2.50 bits per heavy atom. The number of nitrogens with one attached hydrogen (secondary N) is 1. The lowest BCUT2D eigenvalue weighted by Crippen LogP contribution is -2.37. The Morgan fingerprint density at radius 1 is 1.44 bits per heavy atom. The minimum atomic E-state index is -3.68. The number of hydrogen-bond acceptors (Lipinski definition) is 4. The van der Waals surface area contributed by atoms with E-state index in [1.807, 2.05) is 18.6 Å². The molecule has 1 rings (SSSR count). The molecule has 0 saturated carbocycles. The molecule has 0 fully saturated rings. The number of sulfonamides is 1. The molecule has 0 spiro atoms. The molecule has 1 N–H and O–H groups in total. The number of halogens is 1. The van der Waals surface area contributed by atoms with Gasteiger partial charge in [-0.25, -0.2) is 13.1 Å². The SMILES string of the molecule is CC(C)C[C@H](C)S(=O)(=O)NC(=O)c1occc1Br. The number of rotatable bonds is 5. The Hall–Kier alpha value is -0.820. The van der Waals surface area contributed by atoms with Crippen LogP contribution in [-0.4, -0.2) is 19.6 Å². The highest BCUT2D eigenvalue weighted by Gasteiger charge is 2.26. The van der Waals surface area contributed by atoms with E-state index in [-0.39, 0.29) is 11.7 Å². The second kappa shape index (κ2) is 5.88. The highest BCUT2D eigenvalue weighted by Crippen LogP contribution is 2.18. The van der Waals surface area contributed by atoms with Crippen LogP contribution in [0.15, 0.2) is 21.2 Å². The lowest BCUT2D eigenvalue weighted by Gasteiger charge is -2.15. The maximum Gasteiger partial charge on any atom is 0.301 e. The molecule has 1 aromatic rings. The van der Waals surface area contributed by atoms with Crippen LogP contribution < -0.4 is 4.72 Å². The summed E-state index contributed by atoms with van der Waals surface area (Å²) >= 11 is 3.10. The Bertz CT molecular complexity index is 521. The molecule has 1 aromatic heterocycles. The first-order valence-corrected chi connectivity index (χ1v) is 7.87. The molecule has 0 aromatic carbocycles. The van der Waals surface area contributed by atoms with Crippen molar-refractivity contribution in [1.29, 1.82) is 0 Å². The lowest BCUT2D eigenvalue weighted by atomic mass is 10.1. The average Bonchev–Trinajstić information content (AvgIpc) is 2.62. The first-order valence-electron chi connectivity index (χ1n) is 5.53. The van der Waals surface area contributed by atoms with E-state index in [4.69, 9.17) is 4.42 Å². The zero-order valence-electron chi connectivity index (χ0n) is 10.4. The standard InChI is InChI=1S/C11H16BrNO4S/c1-7(2)6-8(3)18(15,16)13-11(14)10-9(12)4-5-17-10/h4-5,7-8H,6H2,1-3H3,(H,13,14)/t8-/m0/s1. The van der Waals surface area contributed by atoms with Gasteiger partial charge in [0.2, 0.25) is 15.8 Å². The Morgan fingerprint density at radius 2 is 2.06 bits per heavy atom. The van der Waals surface area contributed by atoms with Gasteiger partial charge in [-0.3, -0.25) is 4.79 Å². The van der Waals surface area contributed by atoms with Crippen molar-refractivity contribution < 1.29 is 17.6 Å². The summed E-state index contributed by atoms with van der Waals surface area (Å²) in [6.45, 7) is 5.43. The Kier molecular flexibility index (Phi) is 4.98. The minimum absolute atomic E-state index is 0.0460. The van der Waals surface area contributed by atoms with Gasteiger partial charge in [0.1, 0.15) is 0 Å². The zero-order chi connectivity index (χ0) is 13.9. The summed E-state index contributed by atoms with van der Waals surface area (Å²) in [5, 5.41) is -0.629. The van der Waals surface area contributed by atoms with E-state index in [1.54, 1.807) is 6.92 Å². The number of carbonyl (C=O) groups is 1. The van der Waals surface area contributed by atoms with Crippen molar-refractivity contribution in [2.75, 3.05) is 0 Å². The van der Waals surface area contributed by atoms with Gasteiger partial charge in [0.15, 0.2) is 0 Å². The fourth-order valence-electron chi connectivity index (χ4n) is 1.52. The molecule has 1 atom stereocenters. The van der Waals surface area contributed by atoms with Crippen LogP contribution in [0.5, 0.6) is 0 Å². The molecule has 0 aliphatic heterocycles. The van der Waals surface area contributed by atoms with Gasteiger partial charge in [-0.15, -0.1) is 0 Å². The van der Waals surface area contributed by atoms with Crippen LogP contribution >= 0.6 is 15.9 Å². The van der Waals surface area contributed by atoms with E-state index in [1.165, 1.54) is 12.3 Å². The molecular weight excluding hydrogens is 322 g/mol. The van der Waals surface area contributed by atoms with E-state index >= 15 is 0 Å². The maximum absolute atomic E-state index is 11.9. The lowest BCUT2D eigenvalue weighted by molar-refractivity contribution is 0.0953. The summed E-state index contributed by atoms with van der Waals surface area (Å²) in [6.07, 6.45) is 1.80. The molecule has 5 nitrogen and oxygen atoms in total. The summed E-state index contributed by atoms with van der Waals surface area (Å²) < 4.78 is 31.1. The number of hydrogen-bond donors (Lipinski definition) is 1. The fourth-order valence-corrected chi connectivity index (χ4v) is 3.09. The molecule has 0 aliphatic carbocycles. The third-order valence-corrected chi connectivity index (χ3v) is 4.74. The molecule has 0 saturated heterocycles. The highest BCUT2D eigenvalue weighted by molar-refractivity contribution is 9.10. The molecule has 0 radical (unpaired) electrons. The maximum atomic E-state index is 11.9. The second-order valence-corrected chi connectivity index (χ2v) is 7.47. The van der Waals surface area contributed by atoms with Gasteiger partial charge >= 0.3 is 5.91 Å². The molecule has 0 unspecified atom stereocenters. The van der Waals surface area contributed by atoms with E-state index in [0.717, 1.165) is 0 Å². The van der Waals surface area contributed by atoms with Crippen molar-refractivity contribution in [2.45, 2.75) is 32.4 Å². The van der Waals surface area contributed by atoms with Crippen molar-refractivity contribution in [3.63, 3.8) is 0 Å². The predicted octanol–water partition coefficient (Wildman–Crippen LogP) is 2.54. The van der Waals surface area contributed by atoms with Crippen molar-refractivity contribution in [1.82, 2.24) is 4.72 Å². The van der Waals surface area contributed by atoms with Crippen LogP contribution in [0.3, 0.4) is 0 Å².